The fourth-order valence-electron chi connectivity index (χ4n) is 1.60. The minimum Gasteiger partial charge on any atom is -0.465 e. The normalized spacial score (nSPS) is 13.8. The van der Waals surface area contributed by atoms with Gasteiger partial charge in [0, 0.05) is 5.56 Å². The Labute approximate surface area is 110 Å². The molecule has 0 aliphatic carbocycles. The summed E-state index contributed by atoms with van der Waals surface area (Å²) in [4.78, 5) is 23.6. The smallest absolute Gasteiger partial charge is 0.317 e. The molecule has 1 unspecified atom stereocenters. The van der Waals surface area contributed by atoms with E-state index in [9.17, 15) is 9.59 Å². The van der Waals surface area contributed by atoms with Crippen LogP contribution >= 0.6 is 10.0 Å². The number of rotatable bonds is 5. The minimum atomic E-state index is -1.28. The zero-order valence-electron chi connectivity index (χ0n) is 11.3. The van der Waals surface area contributed by atoms with Crippen molar-refractivity contribution in [2.75, 3.05) is 19.1 Å². The van der Waals surface area contributed by atoms with Crippen LogP contribution in [0.1, 0.15) is 24.2 Å². The van der Waals surface area contributed by atoms with Crippen molar-refractivity contribution in [3.8, 4) is 0 Å². The Hall–Kier alpha value is -1.29. The highest BCUT2D eigenvalue weighted by Crippen LogP contribution is 2.53. The number of aldehydes is 1. The number of carbonyl (C=O) groups excluding carboxylic acids is 2. The molecule has 1 rings (SSSR count). The Morgan fingerprint density at radius 2 is 1.89 bits per heavy atom. The van der Waals surface area contributed by atoms with Gasteiger partial charge in [-0.1, -0.05) is 12.1 Å². The van der Waals surface area contributed by atoms with Crippen molar-refractivity contribution in [1.29, 1.82) is 0 Å². The van der Waals surface area contributed by atoms with E-state index in [1.165, 1.54) is 0 Å². The minimum absolute atomic E-state index is 0.153. The van der Waals surface area contributed by atoms with Crippen molar-refractivity contribution in [2.24, 2.45) is 0 Å². The van der Waals surface area contributed by atoms with Crippen molar-refractivity contribution in [3.63, 3.8) is 0 Å². The Morgan fingerprint density at radius 3 is 2.33 bits per heavy atom. The van der Waals surface area contributed by atoms with Crippen LogP contribution in [0.3, 0.4) is 0 Å². The highest BCUT2D eigenvalue weighted by molar-refractivity contribution is 8.33. The summed E-state index contributed by atoms with van der Waals surface area (Å²) in [5.41, 5.74) is 0.651. The van der Waals surface area contributed by atoms with Gasteiger partial charge in [0.05, 0.1) is 11.9 Å². The summed E-state index contributed by atoms with van der Waals surface area (Å²) in [5, 5.41) is -0.153. The van der Waals surface area contributed by atoms with Crippen LogP contribution in [0.5, 0.6) is 0 Å². The van der Waals surface area contributed by atoms with Gasteiger partial charge in [-0.2, -0.15) is 0 Å². The molecule has 18 heavy (non-hydrogen) atoms. The standard InChI is InChI=1S/C14H20O3S/c1-5-17-14(16)11(2)18(3,4)13-8-6-12(10-15)7-9-13/h6-11H,5H2,1-4H3. The van der Waals surface area contributed by atoms with Crippen LogP contribution in [-0.4, -0.2) is 36.6 Å². The predicted octanol–water partition coefficient (Wildman–Crippen LogP) is 2.87. The lowest BCUT2D eigenvalue weighted by Gasteiger charge is -2.36. The number of esters is 1. The quantitative estimate of drug-likeness (QED) is 0.609. The Bertz CT molecular complexity index is 423. The third-order valence-corrected chi connectivity index (χ3v) is 6.57. The SMILES string of the molecule is CCOC(=O)C(C)S(C)(C)c1ccc(C=O)cc1. The molecule has 0 saturated heterocycles. The molecule has 0 aromatic heterocycles. The molecular weight excluding hydrogens is 248 g/mol. The average molecular weight is 268 g/mol. The highest BCUT2D eigenvalue weighted by atomic mass is 32.3. The summed E-state index contributed by atoms with van der Waals surface area (Å²) < 4.78 is 5.08. The maximum atomic E-state index is 11.8. The summed E-state index contributed by atoms with van der Waals surface area (Å²) in [7, 11) is -1.28. The summed E-state index contributed by atoms with van der Waals surface area (Å²) >= 11 is 0. The van der Waals surface area contributed by atoms with Crippen LogP contribution < -0.4 is 0 Å². The molecule has 0 aliphatic heterocycles. The van der Waals surface area contributed by atoms with Crippen molar-refractivity contribution in [2.45, 2.75) is 24.0 Å². The second kappa shape index (κ2) is 6.05. The molecule has 0 bridgehead atoms. The van der Waals surface area contributed by atoms with Gasteiger partial charge in [0.2, 0.25) is 0 Å². The highest BCUT2D eigenvalue weighted by Gasteiger charge is 2.29. The largest absolute Gasteiger partial charge is 0.465 e. The molecule has 1 atom stereocenters. The van der Waals surface area contributed by atoms with E-state index in [-0.39, 0.29) is 11.2 Å². The van der Waals surface area contributed by atoms with Crippen LogP contribution in [0, 0.1) is 0 Å². The molecule has 0 fully saturated rings. The molecule has 0 radical (unpaired) electrons. The third-order valence-electron chi connectivity index (χ3n) is 3.13. The molecule has 0 heterocycles. The molecular formula is C14H20O3S. The molecule has 0 N–H and O–H groups in total. The predicted molar refractivity (Wildman–Crippen MR) is 75.6 cm³/mol. The lowest BCUT2D eigenvalue weighted by Crippen LogP contribution is -2.25. The molecule has 0 aliphatic rings. The van der Waals surface area contributed by atoms with E-state index in [0.717, 1.165) is 11.2 Å². The van der Waals surface area contributed by atoms with Crippen LogP contribution in [0.15, 0.2) is 29.2 Å². The summed E-state index contributed by atoms with van der Waals surface area (Å²) in [6, 6.07) is 7.42. The summed E-state index contributed by atoms with van der Waals surface area (Å²) in [5.74, 6) is -0.156. The zero-order chi connectivity index (χ0) is 13.8. The van der Waals surface area contributed by atoms with E-state index in [0.29, 0.717) is 12.2 Å². The van der Waals surface area contributed by atoms with Crippen molar-refractivity contribution in [3.05, 3.63) is 29.8 Å². The second-order valence-electron chi connectivity index (χ2n) is 4.49. The molecule has 1 aromatic rings. The Morgan fingerprint density at radius 1 is 1.33 bits per heavy atom. The first-order valence-corrected chi connectivity index (χ1v) is 8.38. The fraction of sp³-hybridized carbons (Fsp3) is 0.429. The van der Waals surface area contributed by atoms with E-state index >= 15 is 0 Å². The van der Waals surface area contributed by atoms with E-state index in [4.69, 9.17) is 4.74 Å². The van der Waals surface area contributed by atoms with Gasteiger partial charge in [-0.05, 0) is 43.4 Å². The lowest BCUT2D eigenvalue weighted by molar-refractivity contribution is -0.142. The van der Waals surface area contributed by atoms with E-state index < -0.39 is 10.0 Å². The van der Waals surface area contributed by atoms with Gasteiger partial charge in [0.15, 0.2) is 0 Å². The monoisotopic (exact) mass is 268 g/mol. The van der Waals surface area contributed by atoms with E-state index in [1.54, 1.807) is 12.1 Å². The number of carbonyl (C=O) groups is 2. The number of hydrogen-bond acceptors (Lipinski definition) is 3. The Balaban J connectivity index is 2.96. The van der Waals surface area contributed by atoms with Gasteiger partial charge >= 0.3 is 5.97 Å². The van der Waals surface area contributed by atoms with Gasteiger partial charge in [0.25, 0.3) is 0 Å². The van der Waals surface area contributed by atoms with Gasteiger partial charge in [0.1, 0.15) is 6.29 Å². The van der Waals surface area contributed by atoms with Crippen LogP contribution in [0.2, 0.25) is 0 Å². The number of hydrogen-bond donors (Lipinski definition) is 0. The summed E-state index contributed by atoms with van der Waals surface area (Å²) in [6.45, 7) is 4.12. The average Bonchev–Trinajstić information content (AvgIpc) is 2.38. The second-order valence-corrected chi connectivity index (χ2v) is 8.48. The molecule has 4 heteroatoms. The number of benzene rings is 1. The van der Waals surface area contributed by atoms with Crippen molar-refractivity contribution >= 4 is 22.3 Å². The summed E-state index contributed by atoms with van der Waals surface area (Å²) in [6.07, 6.45) is 5.00. The third kappa shape index (κ3) is 3.13. The van der Waals surface area contributed by atoms with Gasteiger partial charge < -0.3 is 4.74 Å². The maximum Gasteiger partial charge on any atom is 0.317 e. The molecule has 100 valence electrons. The number of ether oxygens (including phenoxy) is 1. The molecule has 0 spiro atoms. The molecule has 0 amide bonds. The Kier molecular flexibility index (Phi) is 4.96. The maximum absolute atomic E-state index is 11.8. The van der Waals surface area contributed by atoms with Crippen LogP contribution in [0.4, 0.5) is 0 Å². The molecule has 1 aromatic carbocycles. The lowest BCUT2D eigenvalue weighted by atomic mass is 10.2. The van der Waals surface area contributed by atoms with Gasteiger partial charge in [-0.15, -0.1) is 0 Å². The van der Waals surface area contributed by atoms with Gasteiger partial charge in [-0.25, -0.2) is 10.0 Å². The fourth-order valence-corrected chi connectivity index (χ4v) is 3.40. The van der Waals surface area contributed by atoms with Gasteiger partial charge in [-0.3, -0.25) is 9.59 Å². The molecule has 3 nitrogen and oxygen atoms in total. The van der Waals surface area contributed by atoms with Crippen molar-refractivity contribution < 1.29 is 14.3 Å². The topological polar surface area (TPSA) is 43.4 Å². The van der Waals surface area contributed by atoms with E-state index in [2.05, 4.69) is 12.5 Å². The first-order valence-electron chi connectivity index (χ1n) is 5.87. The first kappa shape index (κ1) is 14.8. The van der Waals surface area contributed by atoms with Crippen LogP contribution in [-0.2, 0) is 9.53 Å². The first-order chi connectivity index (χ1) is 8.43. The zero-order valence-corrected chi connectivity index (χ0v) is 12.1. The van der Waals surface area contributed by atoms with E-state index in [1.807, 2.05) is 26.0 Å². The van der Waals surface area contributed by atoms with Crippen LogP contribution in [0.25, 0.3) is 0 Å². The molecule has 0 saturated carbocycles. The van der Waals surface area contributed by atoms with Crippen molar-refractivity contribution in [1.82, 2.24) is 0 Å².